The van der Waals surface area contributed by atoms with E-state index in [1.165, 1.54) is 71.6 Å². The van der Waals surface area contributed by atoms with E-state index in [0.29, 0.717) is 0 Å². The Balaban J connectivity index is 0.00000198. The second-order valence-electron chi connectivity index (χ2n) is 17.3. The van der Waals surface area contributed by atoms with Crippen LogP contribution in [-0.4, -0.2) is 13.7 Å². The lowest BCUT2D eigenvalue weighted by molar-refractivity contribution is 0.659. The van der Waals surface area contributed by atoms with Crippen LogP contribution in [0.15, 0.2) is 192 Å². The van der Waals surface area contributed by atoms with Gasteiger partial charge in [0.2, 0.25) is 0 Å². The van der Waals surface area contributed by atoms with Gasteiger partial charge in [-0.15, -0.1) is 0 Å². The molecule has 4 aromatic heterocycles. The second kappa shape index (κ2) is 13.1. The molecule has 0 saturated heterocycles. The number of para-hydroxylation sites is 5. The molecule has 0 atom stereocenters. The summed E-state index contributed by atoms with van der Waals surface area (Å²) in [6, 6.07) is 68.9. The van der Waals surface area contributed by atoms with Crippen LogP contribution in [0.4, 0.5) is 0 Å². The maximum Gasteiger partial charge on any atom is 0.145 e. The summed E-state index contributed by atoms with van der Waals surface area (Å²) >= 11 is 0. The maximum absolute atomic E-state index is 7.21. The van der Waals surface area contributed by atoms with Crippen molar-refractivity contribution >= 4 is 87.4 Å². The third kappa shape index (κ3) is 4.75. The summed E-state index contributed by atoms with van der Waals surface area (Å²) in [7, 11) is 0. The standard InChI is InChI=1S/C57H37N3O.C2H6/c1-57(2)45-32-35(59-47-20-10-6-16-39(47)40-17-7-11-21-48(40)59)24-26-37(45)38-27-25-36(33-46(38)57)60-50-23-13-9-19-44(50)54-52(60)31-29-42-41-28-30-51-53(55(41)61-56(42)54)43-18-8-12-22-49(43)58(51)34-14-4-3-5-15-34;1-2/h3-33H,1-2H3;1-2H3. The highest BCUT2D eigenvalue weighted by atomic mass is 16.3. The minimum absolute atomic E-state index is 0.218. The third-order valence-electron chi connectivity index (χ3n) is 13.8. The Morgan fingerprint density at radius 1 is 0.333 bits per heavy atom. The first kappa shape index (κ1) is 35.9. The fourth-order valence-corrected chi connectivity index (χ4v) is 11.1. The molecule has 14 rings (SSSR count). The normalized spacial score (nSPS) is 13.2. The highest BCUT2D eigenvalue weighted by Gasteiger charge is 2.36. The number of hydrogen-bond acceptors (Lipinski definition) is 1. The lowest BCUT2D eigenvalue weighted by Gasteiger charge is -2.23. The number of rotatable bonds is 3. The molecule has 4 heteroatoms. The third-order valence-corrected chi connectivity index (χ3v) is 13.8. The van der Waals surface area contributed by atoms with Crippen molar-refractivity contribution in [3.63, 3.8) is 0 Å². The summed E-state index contributed by atoms with van der Waals surface area (Å²) in [6.07, 6.45) is 0. The van der Waals surface area contributed by atoms with Crippen LogP contribution in [0.1, 0.15) is 38.8 Å². The van der Waals surface area contributed by atoms with Gasteiger partial charge in [0.1, 0.15) is 11.2 Å². The molecule has 0 radical (unpaired) electrons. The average molecular weight is 810 g/mol. The summed E-state index contributed by atoms with van der Waals surface area (Å²) in [5.74, 6) is 0. The van der Waals surface area contributed by atoms with Crippen LogP contribution in [0.25, 0.3) is 116 Å². The van der Waals surface area contributed by atoms with Crippen LogP contribution in [0.5, 0.6) is 0 Å². The first-order valence-electron chi connectivity index (χ1n) is 22.2. The topological polar surface area (TPSA) is 27.9 Å². The van der Waals surface area contributed by atoms with Gasteiger partial charge >= 0.3 is 0 Å². The van der Waals surface area contributed by atoms with Crippen molar-refractivity contribution in [3.05, 3.63) is 199 Å². The molecule has 0 unspecified atom stereocenters. The molecule has 0 spiro atoms. The van der Waals surface area contributed by atoms with E-state index in [-0.39, 0.29) is 5.41 Å². The minimum Gasteiger partial charge on any atom is -0.455 e. The smallest absolute Gasteiger partial charge is 0.145 e. The van der Waals surface area contributed by atoms with Gasteiger partial charge in [0.25, 0.3) is 0 Å². The number of aromatic nitrogens is 3. The molecule has 63 heavy (non-hydrogen) atoms. The fraction of sp³-hybridized carbons (Fsp3) is 0.0847. The largest absolute Gasteiger partial charge is 0.455 e. The van der Waals surface area contributed by atoms with Crippen molar-refractivity contribution in [3.8, 4) is 28.2 Å². The van der Waals surface area contributed by atoms with Gasteiger partial charge in [-0.1, -0.05) is 131 Å². The monoisotopic (exact) mass is 809 g/mol. The number of fused-ring (bicyclic) bond motifs is 17. The van der Waals surface area contributed by atoms with Crippen molar-refractivity contribution in [1.82, 2.24) is 13.7 Å². The van der Waals surface area contributed by atoms with Crippen LogP contribution in [-0.2, 0) is 5.41 Å². The van der Waals surface area contributed by atoms with Gasteiger partial charge in [0, 0.05) is 54.8 Å². The van der Waals surface area contributed by atoms with E-state index in [0.717, 1.165) is 55.1 Å². The molecule has 0 fully saturated rings. The first-order valence-corrected chi connectivity index (χ1v) is 22.2. The minimum atomic E-state index is -0.218. The van der Waals surface area contributed by atoms with Crippen LogP contribution >= 0.6 is 0 Å². The number of nitrogens with zero attached hydrogens (tertiary/aromatic N) is 3. The summed E-state index contributed by atoms with van der Waals surface area (Å²) in [5.41, 5.74) is 17.5. The van der Waals surface area contributed by atoms with Gasteiger partial charge in [0.15, 0.2) is 0 Å². The lowest BCUT2D eigenvalue weighted by atomic mass is 9.82. The van der Waals surface area contributed by atoms with E-state index in [1.54, 1.807) is 0 Å². The number of hydrogen-bond donors (Lipinski definition) is 0. The highest BCUT2D eigenvalue weighted by molar-refractivity contribution is 6.29. The van der Waals surface area contributed by atoms with Gasteiger partial charge in [-0.05, 0) is 107 Å². The maximum atomic E-state index is 7.21. The predicted octanol–water partition coefficient (Wildman–Crippen LogP) is 16.2. The molecule has 13 aromatic rings. The molecule has 1 aliphatic rings. The first-order chi connectivity index (χ1) is 31.0. The number of furan rings is 1. The second-order valence-corrected chi connectivity index (χ2v) is 17.3. The Morgan fingerprint density at radius 3 is 1.19 bits per heavy atom. The zero-order valence-corrected chi connectivity index (χ0v) is 35.6. The van der Waals surface area contributed by atoms with Gasteiger partial charge in [0.05, 0.1) is 43.9 Å². The Kier molecular flexibility index (Phi) is 7.46. The number of benzene rings is 9. The van der Waals surface area contributed by atoms with Crippen molar-refractivity contribution in [2.45, 2.75) is 33.1 Å². The van der Waals surface area contributed by atoms with Gasteiger partial charge in [-0.3, -0.25) is 0 Å². The van der Waals surface area contributed by atoms with E-state index < -0.39 is 0 Å². The van der Waals surface area contributed by atoms with Gasteiger partial charge in [-0.2, -0.15) is 0 Å². The SMILES string of the molecule is CC.CC1(C)c2cc(-n3c4ccccc4c4ccccc43)ccc2-c2ccc(-n3c4ccccc4c4c5oc6c(ccc7c6c6ccccc6n7-c6ccccc6)c5ccc43)cc21. The van der Waals surface area contributed by atoms with Crippen LogP contribution < -0.4 is 0 Å². The summed E-state index contributed by atoms with van der Waals surface area (Å²) < 4.78 is 14.4. The summed E-state index contributed by atoms with van der Waals surface area (Å²) in [5, 5.41) is 9.48. The molecule has 0 aliphatic heterocycles. The van der Waals surface area contributed by atoms with Gasteiger partial charge < -0.3 is 18.1 Å². The Morgan fingerprint density at radius 2 is 0.714 bits per heavy atom. The van der Waals surface area contributed by atoms with E-state index in [4.69, 9.17) is 4.42 Å². The van der Waals surface area contributed by atoms with Crippen molar-refractivity contribution in [2.75, 3.05) is 0 Å². The molecule has 0 bridgehead atoms. The highest BCUT2D eigenvalue weighted by Crippen LogP contribution is 2.51. The Hall–Kier alpha value is -7.82. The fourth-order valence-electron chi connectivity index (χ4n) is 11.1. The molecule has 4 nitrogen and oxygen atoms in total. The van der Waals surface area contributed by atoms with Crippen LogP contribution in [0, 0.1) is 0 Å². The van der Waals surface area contributed by atoms with Crippen molar-refractivity contribution < 1.29 is 4.42 Å². The lowest BCUT2D eigenvalue weighted by Crippen LogP contribution is -2.16. The zero-order valence-electron chi connectivity index (χ0n) is 35.6. The summed E-state index contributed by atoms with van der Waals surface area (Å²) in [6.45, 7) is 8.77. The molecule has 0 saturated carbocycles. The van der Waals surface area contributed by atoms with Crippen molar-refractivity contribution in [1.29, 1.82) is 0 Å². The van der Waals surface area contributed by atoms with Crippen molar-refractivity contribution in [2.24, 2.45) is 0 Å². The summed E-state index contributed by atoms with van der Waals surface area (Å²) in [4.78, 5) is 0. The molecule has 300 valence electrons. The zero-order chi connectivity index (χ0) is 42.1. The van der Waals surface area contributed by atoms with E-state index in [2.05, 4.69) is 216 Å². The molecule has 0 amide bonds. The van der Waals surface area contributed by atoms with Gasteiger partial charge in [-0.25, -0.2) is 0 Å². The Labute approximate surface area is 364 Å². The predicted molar refractivity (Wildman–Crippen MR) is 266 cm³/mol. The molecule has 0 N–H and O–H groups in total. The van der Waals surface area contributed by atoms with Crippen LogP contribution in [0.2, 0.25) is 0 Å². The van der Waals surface area contributed by atoms with E-state index in [9.17, 15) is 0 Å². The van der Waals surface area contributed by atoms with E-state index in [1.807, 2.05) is 13.8 Å². The quantitative estimate of drug-likeness (QED) is 0.175. The van der Waals surface area contributed by atoms with Crippen LogP contribution in [0.3, 0.4) is 0 Å². The molecular formula is C59H43N3O. The average Bonchev–Trinajstić information content (AvgIpc) is 4.12. The van der Waals surface area contributed by atoms with E-state index >= 15 is 0 Å². The molecular weight excluding hydrogens is 767 g/mol. The molecule has 9 aromatic carbocycles. The molecule has 1 aliphatic carbocycles. The molecule has 4 heterocycles. The Bertz CT molecular complexity index is 3970.